The van der Waals surface area contributed by atoms with E-state index in [1.54, 1.807) is 78.1 Å². The van der Waals surface area contributed by atoms with Crippen molar-refractivity contribution in [3.63, 3.8) is 0 Å². The largest absolute Gasteiger partial charge is 0.497 e. The van der Waals surface area contributed by atoms with Gasteiger partial charge in [-0.2, -0.15) is 0 Å². The zero-order valence-corrected chi connectivity index (χ0v) is 21.7. The van der Waals surface area contributed by atoms with Gasteiger partial charge in [0, 0.05) is 6.54 Å². The molecule has 0 saturated carbocycles. The van der Waals surface area contributed by atoms with E-state index in [4.69, 9.17) is 23.7 Å². The van der Waals surface area contributed by atoms with Crippen LogP contribution in [-0.4, -0.2) is 49.9 Å². The Morgan fingerprint density at radius 2 is 1.25 bits per heavy atom. The fourth-order valence-corrected chi connectivity index (χ4v) is 3.22. The molecule has 1 N–H and O–H groups in total. The number of hydrogen-bond acceptors (Lipinski definition) is 9. The van der Waals surface area contributed by atoms with Gasteiger partial charge in [-0.25, -0.2) is 0 Å². The van der Waals surface area contributed by atoms with Crippen LogP contribution in [0.2, 0.25) is 0 Å². The lowest BCUT2D eigenvalue weighted by molar-refractivity contribution is -0.173. The molecule has 0 aliphatic rings. The SMILES string of the molecule is CCOC(=O)C(C(=O)OCC)[C@@H](NCc1ccc(Oc2ccc(OC)cc2)cc1)C(=O)OC(C)(C)C. The Labute approximate surface area is 212 Å². The van der Waals surface area contributed by atoms with Crippen LogP contribution in [0.5, 0.6) is 17.2 Å². The summed E-state index contributed by atoms with van der Waals surface area (Å²) in [5.74, 6) is -2.00. The van der Waals surface area contributed by atoms with E-state index in [1.807, 2.05) is 12.1 Å². The minimum atomic E-state index is -1.52. The number of rotatable bonds is 12. The molecule has 9 nitrogen and oxygen atoms in total. The molecule has 0 fully saturated rings. The van der Waals surface area contributed by atoms with Crippen molar-refractivity contribution in [1.82, 2.24) is 5.32 Å². The summed E-state index contributed by atoms with van der Waals surface area (Å²) in [7, 11) is 1.59. The van der Waals surface area contributed by atoms with E-state index in [0.29, 0.717) is 11.5 Å². The highest BCUT2D eigenvalue weighted by Gasteiger charge is 2.43. The Morgan fingerprint density at radius 1 is 0.778 bits per heavy atom. The molecule has 0 bridgehead atoms. The van der Waals surface area contributed by atoms with Gasteiger partial charge in [-0.3, -0.25) is 19.7 Å². The number of carbonyl (C=O) groups excluding carboxylic acids is 3. The fraction of sp³-hybridized carbons (Fsp3) is 0.444. The van der Waals surface area contributed by atoms with Crippen molar-refractivity contribution < 1.29 is 38.1 Å². The van der Waals surface area contributed by atoms with Gasteiger partial charge in [0.2, 0.25) is 0 Å². The molecule has 2 aromatic rings. The lowest BCUT2D eigenvalue weighted by atomic mass is 9.98. The highest BCUT2D eigenvalue weighted by Crippen LogP contribution is 2.24. The first-order valence-corrected chi connectivity index (χ1v) is 11.8. The molecule has 0 saturated heterocycles. The summed E-state index contributed by atoms with van der Waals surface area (Å²) in [6.07, 6.45) is 0. The Kier molecular flexibility index (Phi) is 10.7. The summed E-state index contributed by atoms with van der Waals surface area (Å²) >= 11 is 0. The van der Waals surface area contributed by atoms with E-state index in [9.17, 15) is 14.4 Å². The van der Waals surface area contributed by atoms with Crippen molar-refractivity contribution >= 4 is 17.9 Å². The lowest BCUT2D eigenvalue weighted by Crippen LogP contribution is -2.52. The molecule has 0 aliphatic carbocycles. The van der Waals surface area contributed by atoms with Gasteiger partial charge < -0.3 is 23.7 Å². The average Bonchev–Trinajstić information content (AvgIpc) is 2.82. The highest BCUT2D eigenvalue weighted by molar-refractivity contribution is 6.00. The molecule has 196 valence electrons. The van der Waals surface area contributed by atoms with E-state index >= 15 is 0 Å². The van der Waals surface area contributed by atoms with Crippen LogP contribution in [-0.2, 0) is 35.1 Å². The quantitative estimate of drug-likeness (QED) is 0.262. The molecule has 0 aliphatic heterocycles. The Morgan fingerprint density at radius 3 is 1.69 bits per heavy atom. The molecule has 0 aromatic heterocycles. The Bertz CT molecular complexity index is 978. The molecule has 0 amide bonds. The molecule has 0 heterocycles. The first-order valence-electron chi connectivity index (χ1n) is 11.8. The summed E-state index contributed by atoms with van der Waals surface area (Å²) in [6.45, 7) is 8.60. The first kappa shape index (κ1) is 28.6. The summed E-state index contributed by atoms with van der Waals surface area (Å²) in [4.78, 5) is 38.3. The number of ether oxygens (including phenoxy) is 5. The van der Waals surface area contributed by atoms with Crippen molar-refractivity contribution in [2.75, 3.05) is 20.3 Å². The molecule has 9 heteroatoms. The van der Waals surface area contributed by atoms with Crippen LogP contribution >= 0.6 is 0 Å². The van der Waals surface area contributed by atoms with Crippen molar-refractivity contribution in [1.29, 1.82) is 0 Å². The molecule has 2 aromatic carbocycles. The average molecular weight is 502 g/mol. The van der Waals surface area contributed by atoms with Gasteiger partial charge in [-0.05, 0) is 76.6 Å². The summed E-state index contributed by atoms with van der Waals surface area (Å²) in [6, 6.07) is 13.0. The second-order valence-electron chi connectivity index (χ2n) is 8.80. The van der Waals surface area contributed by atoms with Gasteiger partial charge in [0.1, 0.15) is 28.9 Å². The number of hydrogen-bond donors (Lipinski definition) is 1. The number of benzene rings is 2. The molecule has 0 unspecified atom stereocenters. The summed E-state index contributed by atoms with van der Waals surface area (Å²) in [5, 5.41) is 2.99. The molecule has 1 atom stereocenters. The van der Waals surface area contributed by atoms with E-state index in [1.165, 1.54) is 0 Å². The smallest absolute Gasteiger partial charge is 0.325 e. The summed E-state index contributed by atoms with van der Waals surface area (Å²) < 4.78 is 26.6. The van der Waals surface area contributed by atoms with E-state index < -0.39 is 35.5 Å². The minimum absolute atomic E-state index is 0.0471. The maximum atomic E-state index is 13.0. The molecule has 36 heavy (non-hydrogen) atoms. The Hall–Kier alpha value is -3.59. The zero-order chi connectivity index (χ0) is 26.7. The molecular weight excluding hydrogens is 466 g/mol. The van der Waals surface area contributed by atoms with Gasteiger partial charge in [-0.15, -0.1) is 0 Å². The molecule has 0 spiro atoms. The van der Waals surface area contributed by atoms with Crippen LogP contribution in [0, 0.1) is 5.92 Å². The number of nitrogens with one attached hydrogen (secondary N) is 1. The zero-order valence-electron chi connectivity index (χ0n) is 21.7. The molecular formula is C27H35NO8. The predicted molar refractivity (Wildman–Crippen MR) is 133 cm³/mol. The van der Waals surface area contributed by atoms with E-state index in [-0.39, 0.29) is 19.8 Å². The first-order chi connectivity index (χ1) is 17.1. The van der Waals surface area contributed by atoms with Crippen LogP contribution in [0.3, 0.4) is 0 Å². The van der Waals surface area contributed by atoms with Crippen molar-refractivity contribution in [2.24, 2.45) is 5.92 Å². The van der Waals surface area contributed by atoms with Crippen molar-refractivity contribution in [3.05, 3.63) is 54.1 Å². The standard InChI is InChI=1S/C27H35NO8/c1-7-33-24(29)22(25(30)34-8-2)23(26(31)36-27(3,4)5)28-17-18-9-11-20(12-10-18)35-21-15-13-19(32-6)14-16-21/h9-16,22-23,28H,7-8,17H2,1-6H3/t23-/m1/s1. The summed E-state index contributed by atoms with van der Waals surface area (Å²) in [5.41, 5.74) is -0.0391. The van der Waals surface area contributed by atoms with Crippen LogP contribution in [0.4, 0.5) is 0 Å². The normalized spacial score (nSPS) is 12.0. The van der Waals surface area contributed by atoms with Crippen molar-refractivity contribution in [2.45, 2.75) is 52.8 Å². The van der Waals surface area contributed by atoms with Gasteiger partial charge >= 0.3 is 17.9 Å². The van der Waals surface area contributed by atoms with E-state index in [0.717, 1.165) is 11.3 Å². The second kappa shape index (κ2) is 13.5. The third-order valence-electron chi connectivity index (χ3n) is 4.82. The topological polar surface area (TPSA) is 109 Å². The number of methoxy groups -OCH3 is 1. The fourth-order valence-electron chi connectivity index (χ4n) is 3.22. The van der Waals surface area contributed by atoms with Crippen LogP contribution < -0.4 is 14.8 Å². The maximum Gasteiger partial charge on any atom is 0.325 e. The Balaban J connectivity index is 2.19. The lowest BCUT2D eigenvalue weighted by Gasteiger charge is -2.28. The second-order valence-corrected chi connectivity index (χ2v) is 8.80. The van der Waals surface area contributed by atoms with Crippen LogP contribution in [0.25, 0.3) is 0 Å². The number of esters is 3. The number of carbonyl (C=O) groups is 3. The third kappa shape index (κ3) is 8.88. The molecule has 2 rings (SSSR count). The highest BCUT2D eigenvalue weighted by atomic mass is 16.6. The molecule has 0 radical (unpaired) electrons. The van der Waals surface area contributed by atoms with Crippen LogP contribution in [0.1, 0.15) is 40.2 Å². The van der Waals surface area contributed by atoms with Gasteiger partial charge in [-0.1, -0.05) is 12.1 Å². The van der Waals surface area contributed by atoms with Gasteiger partial charge in [0.05, 0.1) is 20.3 Å². The van der Waals surface area contributed by atoms with Crippen LogP contribution in [0.15, 0.2) is 48.5 Å². The minimum Gasteiger partial charge on any atom is -0.497 e. The monoisotopic (exact) mass is 501 g/mol. The van der Waals surface area contributed by atoms with Gasteiger partial charge in [0.25, 0.3) is 0 Å². The van der Waals surface area contributed by atoms with Gasteiger partial charge in [0.15, 0.2) is 5.92 Å². The maximum absolute atomic E-state index is 13.0. The van der Waals surface area contributed by atoms with Crippen molar-refractivity contribution in [3.8, 4) is 17.2 Å². The predicted octanol–water partition coefficient (Wildman–Crippen LogP) is 4.03. The third-order valence-corrected chi connectivity index (χ3v) is 4.82. The van der Waals surface area contributed by atoms with E-state index in [2.05, 4.69) is 5.32 Å².